The molecule has 0 fully saturated rings. The lowest BCUT2D eigenvalue weighted by Gasteiger charge is -2.11. The fourth-order valence-corrected chi connectivity index (χ4v) is 6.20. The number of nitro groups is 2. The van der Waals surface area contributed by atoms with Gasteiger partial charge in [0.15, 0.2) is 0 Å². The predicted octanol–water partition coefficient (Wildman–Crippen LogP) is 8.14. The van der Waals surface area contributed by atoms with Crippen LogP contribution in [0.4, 0.5) is 22.7 Å². The molecule has 0 aromatic heterocycles. The summed E-state index contributed by atoms with van der Waals surface area (Å²) in [7, 11) is 0. The maximum absolute atomic E-state index is 12.4. The van der Waals surface area contributed by atoms with E-state index in [1.54, 1.807) is 36.4 Å². The van der Waals surface area contributed by atoms with E-state index in [4.69, 9.17) is 0 Å². The van der Waals surface area contributed by atoms with E-state index in [1.807, 2.05) is 0 Å². The molecule has 0 atom stereocenters. The number of benzene rings is 4. The van der Waals surface area contributed by atoms with Crippen molar-refractivity contribution >= 4 is 110 Å². The standard InChI is InChI=1S/2C14H8Br2N2O5/c2*15-8-4-2-5-9(16)12(8)17-13(19)7-3-1-6-10(18(22)23)11(7)14(20)21/h2*1-6H,(H,17,19)(H,20,21). The fourth-order valence-electron chi connectivity index (χ4n) is 3.81. The summed E-state index contributed by atoms with van der Waals surface area (Å²) in [5, 5.41) is 45.4. The van der Waals surface area contributed by atoms with Crippen molar-refractivity contribution in [3.05, 3.63) is 133 Å². The van der Waals surface area contributed by atoms with Crippen LogP contribution in [0, 0.1) is 20.2 Å². The molecule has 46 heavy (non-hydrogen) atoms. The first-order valence-corrected chi connectivity index (χ1v) is 15.3. The number of amides is 2. The van der Waals surface area contributed by atoms with E-state index in [-0.39, 0.29) is 11.1 Å². The normalized spacial score (nSPS) is 10.2. The van der Waals surface area contributed by atoms with Gasteiger partial charge in [-0.15, -0.1) is 0 Å². The summed E-state index contributed by atoms with van der Waals surface area (Å²) in [6.45, 7) is 0. The van der Waals surface area contributed by atoms with Crippen LogP contribution < -0.4 is 10.6 Å². The van der Waals surface area contributed by atoms with Crippen molar-refractivity contribution < 1.29 is 39.2 Å². The van der Waals surface area contributed by atoms with Crippen molar-refractivity contribution in [2.45, 2.75) is 0 Å². The summed E-state index contributed by atoms with van der Waals surface area (Å²) in [6.07, 6.45) is 0. The molecule has 236 valence electrons. The van der Waals surface area contributed by atoms with Gasteiger partial charge in [-0.3, -0.25) is 29.8 Å². The second-order valence-electron chi connectivity index (χ2n) is 8.63. The number of carboxylic acids is 2. The molecule has 0 saturated carbocycles. The Labute approximate surface area is 291 Å². The van der Waals surface area contributed by atoms with Gasteiger partial charge in [0.05, 0.1) is 32.3 Å². The van der Waals surface area contributed by atoms with Crippen LogP contribution in [-0.4, -0.2) is 43.8 Å². The van der Waals surface area contributed by atoms with Crippen molar-refractivity contribution in [3.8, 4) is 0 Å². The van der Waals surface area contributed by atoms with E-state index in [2.05, 4.69) is 74.4 Å². The van der Waals surface area contributed by atoms with Gasteiger partial charge in [0, 0.05) is 30.0 Å². The Morgan fingerprint density at radius 1 is 0.543 bits per heavy atom. The minimum Gasteiger partial charge on any atom is -0.477 e. The van der Waals surface area contributed by atoms with E-state index in [0.717, 1.165) is 12.1 Å². The third-order valence-corrected chi connectivity index (χ3v) is 8.44. The molecule has 0 bridgehead atoms. The minimum absolute atomic E-state index is 0.297. The van der Waals surface area contributed by atoms with Crippen molar-refractivity contribution in [2.24, 2.45) is 0 Å². The molecule has 4 rings (SSSR count). The van der Waals surface area contributed by atoms with Crippen molar-refractivity contribution in [2.75, 3.05) is 10.6 Å². The summed E-state index contributed by atoms with van der Waals surface area (Å²) in [6, 6.07) is 17.2. The van der Waals surface area contributed by atoms with Crippen LogP contribution in [0.3, 0.4) is 0 Å². The van der Waals surface area contributed by atoms with Crippen LogP contribution >= 0.6 is 63.7 Å². The van der Waals surface area contributed by atoms with E-state index in [0.29, 0.717) is 29.3 Å². The smallest absolute Gasteiger partial charge is 0.343 e. The first-order chi connectivity index (χ1) is 21.6. The maximum Gasteiger partial charge on any atom is 0.343 e. The highest BCUT2D eigenvalue weighted by Crippen LogP contribution is 2.33. The second-order valence-corrected chi connectivity index (χ2v) is 12.0. The van der Waals surface area contributed by atoms with E-state index in [9.17, 15) is 49.6 Å². The Balaban J connectivity index is 0.000000250. The van der Waals surface area contributed by atoms with Gasteiger partial charge in [0.1, 0.15) is 11.1 Å². The molecule has 0 aliphatic carbocycles. The number of carbonyl (C=O) groups is 4. The van der Waals surface area contributed by atoms with Gasteiger partial charge >= 0.3 is 11.9 Å². The molecule has 0 unspecified atom stereocenters. The molecule has 4 aromatic rings. The molecule has 4 N–H and O–H groups in total. The zero-order chi connectivity index (χ0) is 34.3. The summed E-state index contributed by atoms with van der Waals surface area (Å²) < 4.78 is 2.29. The molecule has 0 spiro atoms. The number of hydrogen-bond acceptors (Lipinski definition) is 8. The molecule has 18 heteroatoms. The fraction of sp³-hybridized carbons (Fsp3) is 0. The lowest BCUT2D eigenvalue weighted by Crippen LogP contribution is -2.18. The topological polar surface area (TPSA) is 219 Å². The Hall–Kier alpha value is -4.52. The molecular weight excluding hydrogens is 872 g/mol. The second kappa shape index (κ2) is 15.7. The van der Waals surface area contributed by atoms with E-state index < -0.39 is 56.1 Å². The van der Waals surface area contributed by atoms with E-state index in [1.165, 1.54) is 24.3 Å². The van der Waals surface area contributed by atoms with E-state index >= 15 is 0 Å². The van der Waals surface area contributed by atoms with Crippen LogP contribution in [0.25, 0.3) is 0 Å². The number of carbonyl (C=O) groups excluding carboxylic acids is 2. The van der Waals surface area contributed by atoms with Crippen LogP contribution in [0.1, 0.15) is 41.4 Å². The number of nitro benzene ring substituents is 2. The first kappa shape index (κ1) is 36.0. The molecule has 0 aliphatic rings. The van der Waals surface area contributed by atoms with Gasteiger partial charge in [-0.2, -0.15) is 0 Å². The highest BCUT2D eigenvalue weighted by atomic mass is 79.9. The van der Waals surface area contributed by atoms with Gasteiger partial charge in [-0.25, -0.2) is 9.59 Å². The number of anilines is 2. The number of nitrogens with one attached hydrogen (secondary N) is 2. The third kappa shape index (κ3) is 8.39. The van der Waals surface area contributed by atoms with Crippen molar-refractivity contribution in [3.63, 3.8) is 0 Å². The van der Waals surface area contributed by atoms with Crippen molar-refractivity contribution in [1.29, 1.82) is 0 Å². The molecule has 0 saturated heterocycles. The summed E-state index contributed by atoms with van der Waals surface area (Å²) in [5.74, 6) is -4.63. The average molecular weight is 888 g/mol. The highest BCUT2D eigenvalue weighted by molar-refractivity contribution is 9.11. The number of nitrogens with zero attached hydrogens (tertiary/aromatic N) is 2. The van der Waals surface area contributed by atoms with Crippen LogP contribution in [0.15, 0.2) is 90.7 Å². The quantitative estimate of drug-likeness (QED) is 0.0983. The molecule has 4 aromatic carbocycles. The molecule has 0 heterocycles. The number of hydrogen-bond donors (Lipinski definition) is 4. The van der Waals surface area contributed by atoms with Crippen LogP contribution in [-0.2, 0) is 0 Å². The predicted molar refractivity (Wildman–Crippen MR) is 180 cm³/mol. The van der Waals surface area contributed by atoms with Gasteiger partial charge in [-0.05, 0) is 100 Å². The van der Waals surface area contributed by atoms with Gasteiger partial charge in [-0.1, -0.05) is 24.3 Å². The van der Waals surface area contributed by atoms with Crippen LogP contribution in [0.5, 0.6) is 0 Å². The average Bonchev–Trinajstić information content (AvgIpc) is 3.00. The number of aromatic carboxylic acids is 2. The summed E-state index contributed by atoms with van der Waals surface area (Å²) in [5.41, 5.74) is -2.41. The van der Waals surface area contributed by atoms with Crippen molar-refractivity contribution in [1.82, 2.24) is 0 Å². The summed E-state index contributed by atoms with van der Waals surface area (Å²) >= 11 is 13.1. The zero-order valence-corrected chi connectivity index (χ0v) is 28.8. The monoisotopic (exact) mass is 884 g/mol. The number of carboxylic acid groups (broad SMARTS) is 2. The molecule has 0 aliphatic heterocycles. The molecule has 0 radical (unpaired) electrons. The molecular formula is C28H16Br4N4O10. The SMILES string of the molecule is O=C(Nc1c(Br)cccc1Br)c1cccc([N+](=O)[O-])c1C(=O)O.O=C(Nc1c(Br)cccc1Br)c1cccc([N+](=O)[O-])c1C(=O)O. The largest absolute Gasteiger partial charge is 0.477 e. The maximum atomic E-state index is 12.4. The summed E-state index contributed by atoms with van der Waals surface area (Å²) in [4.78, 5) is 67.7. The number of halogens is 4. The Bertz CT molecular complexity index is 1740. The molecule has 14 nitrogen and oxygen atoms in total. The first-order valence-electron chi connectivity index (χ1n) is 12.2. The molecule has 2 amide bonds. The Kier molecular flexibility index (Phi) is 12.2. The lowest BCUT2D eigenvalue weighted by molar-refractivity contribution is -0.385. The van der Waals surface area contributed by atoms with Gasteiger partial charge in [0.25, 0.3) is 23.2 Å². The third-order valence-electron chi connectivity index (χ3n) is 5.80. The Morgan fingerprint density at radius 3 is 1.09 bits per heavy atom. The highest BCUT2D eigenvalue weighted by Gasteiger charge is 2.28. The lowest BCUT2D eigenvalue weighted by atomic mass is 10.0. The Morgan fingerprint density at radius 2 is 0.826 bits per heavy atom. The number of para-hydroxylation sites is 2. The van der Waals surface area contributed by atoms with Gasteiger partial charge in [0.2, 0.25) is 0 Å². The van der Waals surface area contributed by atoms with Crippen LogP contribution in [0.2, 0.25) is 0 Å². The minimum atomic E-state index is -1.55. The number of rotatable bonds is 8. The zero-order valence-electron chi connectivity index (χ0n) is 22.5. The van der Waals surface area contributed by atoms with Gasteiger partial charge < -0.3 is 20.8 Å².